The number of para-hydroxylation sites is 1. The van der Waals surface area contributed by atoms with Crippen LogP contribution in [-0.2, 0) is 14.8 Å². The number of carbonyl (C=O) groups excluding carboxylic acids is 1. The normalized spacial score (nSPS) is 16.6. The Balaban J connectivity index is 1.93. The first-order valence-corrected chi connectivity index (χ1v) is 10.5. The number of thiophene rings is 1. The van der Waals surface area contributed by atoms with Crippen molar-refractivity contribution in [2.45, 2.75) is 10.8 Å². The van der Waals surface area contributed by atoms with Gasteiger partial charge in [-0.2, -0.15) is 0 Å². The second kappa shape index (κ2) is 6.77. The fraction of sp³-hybridized carbons (Fsp3) is 0.0500. The molecule has 1 aliphatic heterocycles. The Morgan fingerprint density at radius 2 is 1.74 bits per heavy atom. The molecule has 5 nitrogen and oxygen atoms in total. The lowest BCUT2D eigenvalue weighted by Gasteiger charge is -2.27. The fourth-order valence-electron chi connectivity index (χ4n) is 3.14. The number of ether oxygens (including phenoxy) is 1. The van der Waals surface area contributed by atoms with Gasteiger partial charge in [-0.1, -0.05) is 24.3 Å². The van der Waals surface area contributed by atoms with E-state index in [9.17, 15) is 13.2 Å². The van der Waals surface area contributed by atoms with Gasteiger partial charge in [0.05, 0.1) is 10.8 Å². The molecule has 2 N–H and O–H groups in total. The number of rotatable bonds is 4. The molecule has 2 heterocycles. The van der Waals surface area contributed by atoms with Gasteiger partial charge in [-0.05, 0) is 41.8 Å². The van der Waals surface area contributed by atoms with E-state index in [-0.39, 0.29) is 4.90 Å². The van der Waals surface area contributed by atoms with Crippen LogP contribution in [0.15, 0.2) is 70.9 Å². The second-order valence-corrected chi connectivity index (χ2v) is 8.55. The molecule has 1 aromatic heterocycles. The van der Waals surface area contributed by atoms with E-state index in [1.54, 1.807) is 12.1 Å². The zero-order valence-electron chi connectivity index (χ0n) is 14.0. The summed E-state index contributed by atoms with van der Waals surface area (Å²) in [6.45, 7) is 0. The molecule has 0 fully saturated rings. The number of carbonyl (C=O) groups is 1. The summed E-state index contributed by atoms with van der Waals surface area (Å²) < 4.78 is 29.2. The molecular weight excluding hydrogens is 382 g/mol. The number of benzene rings is 2. The molecule has 7 heteroatoms. The summed E-state index contributed by atoms with van der Waals surface area (Å²) in [5.41, 5.74) is 2.25. The van der Waals surface area contributed by atoms with Gasteiger partial charge in [0.1, 0.15) is 17.8 Å². The van der Waals surface area contributed by atoms with Crippen molar-refractivity contribution < 1.29 is 17.9 Å². The predicted molar refractivity (Wildman–Crippen MR) is 105 cm³/mol. The first kappa shape index (κ1) is 17.7. The number of nitrogens with two attached hydrogens (primary N) is 1. The zero-order chi connectivity index (χ0) is 19.0. The number of fused-ring (bicyclic) bond motifs is 1. The van der Waals surface area contributed by atoms with Crippen molar-refractivity contribution in [1.82, 2.24) is 0 Å². The van der Waals surface area contributed by atoms with Crippen LogP contribution in [0.25, 0.3) is 11.3 Å². The first-order chi connectivity index (χ1) is 13.0. The minimum Gasteiger partial charge on any atom is -0.456 e. The minimum absolute atomic E-state index is 0.0210. The molecule has 0 bridgehead atoms. The molecule has 2 aromatic carbocycles. The topological polar surface area (TPSA) is 86.5 Å². The Morgan fingerprint density at radius 1 is 1.00 bits per heavy atom. The Morgan fingerprint density at radius 3 is 2.37 bits per heavy atom. The third-order valence-corrected chi connectivity index (χ3v) is 6.22. The van der Waals surface area contributed by atoms with E-state index >= 15 is 0 Å². The van der Waals surface area contributed by atoms with Crippen molar-refractivity contribution >= 4 is 39.0 Å². The van der Waals surface area contributed by atoms with Crippen molar-refractivity contribution in [1.29, 1.82) is 0 Å². The summed E-state index contributed by atoms with van der Waals surface area (Å²) in [6, 6.07) is 17.4. The van der Waals surface area contributed by atoms with Crippen LogP contribution in [0, 0.1) is 0 Å². The largest absolute Gasteiger partial charge is 0.456 e. The smallest absolute Gasteiger partial charge is 0.238 e. The SMILES string of the molecule is NS(=O)(=O)c1ccc(C2=C(c3cccs3)C(C=O)c3ccccc3O2)cc1. The van der Waals surface area contributed by atoms with Gasteiger partial charge in [0, 0.05) is 21.6 Å². The average molecular weight is 397 g/mol. The van der Waals surface area contributed by atoms with Crippen molar-refractivity contribution in [2.75, 3.05) is 0 Å². The van der Waals surface area contributed by atoms with Crippen LogP contribution in [0.1, 0.15) is 21.9 Å². The van der Waals surface area contributed by atoms with Gasteiger partial charge in [-0.3, -0.25) is 0 Å². The van der Waals surface area contributed by atoms with E-state index < -0.39 is 15.9 Å². The summed E-state index contributed by atoms with van der Waals surface area (Å²) in [4.78, 5) is 13.0. The maximum absolute atomic E-state index is 12.0. The minimum atomic E-state index is -3.78. The monoisotopic (exact) mass is 397 g/mol. The maximum atomic E-state index is 12.0. The predicted octanol–water partition coefficient (Wildman–Crippen LogP) is 3.64. The molecule has 0 radical (unpaired) electrons. The quantitative estimate of drug-likeness (QED) is 0.681. The summed E-state index contributed by atoms with van der Waals surface area (Å²) in [5, 5.41) is 7.12. The van der Waals surface area contributed by atoms with Gasteiger partial charge in [-0.25, -0.2) is 13.6 Å². The standard InChI is InChI=1S/C20H15NO4S2/c21-27(23,24)14-9-7-13(8-10-14)20-19(18-6-3-11-26-18)16(12-22)15-4-1-2-5-17(15)25-20/h1-12,16H,(H2,21,23,24). The zero-order valence-corrected chi connectivity index (χ0v) is 15.7. The summed E-state index contributed by atoms with van der Waals surface area (Å²) in [7, 11) is -3.78. The van der Waals surface area contributed by atoms with Gasteiger partial charge < -0.3 is 9.53 Å². The lowest BCUT2D eigenvalue weighted by atomic mass is 9.86. The van der Waals surface area contributed by atoms with E-state index in [1.165, 1.54) is 23.5 Å². The molecule has 4 rings (SSSR count). The highest BCUT2D eigenvalue weighted by Gasteiger charge is 2.31. The number of hydrogen-bond donors (Lipinski definition) is 1. The highest BCUT2D eigenvalue weighted by atomic mass is 32.2. The van der Waals surface area contributed by atoms with Crippen LogP contribution in [-0.4, -0.2) is 14.7 Å². The van der Waals surface area contributed by atoms with Crippen LogP contribution in [0.3, 0.4) is 0 Å². The van der Waals surface area contributed by atoms with E-state index in [0.717, 1.165) is 22.3 Å². The molecule has 1 atom stereocenters. The summed E-state index contributed by atoms with van der Waals surface area (Å²) in [5.74, 6) is 0.677. The van der Waals surface area contributed by atoms with Crippen molar-refractivity contribution in [3.63, 3.8) is 0 Å². The molecule has 27 heavy (non-hydrogen) atoms. The molecule has 3 aromatic rings. The molecule has 1 unspecified atom stereocenters. The number of allylic oxidation sites excluding steroid dienone is 1. The van der Waals surface area contributed by atoms with Gasteiger partial charge in [0.15, 0.2) is 0 Å². The molecule has 0 amide bonds. The molecule has 0 aliphatic carbocycles. The van der Waals surface area contributed by atoms with Gasteiger partial charge in [-0.15, -0.1) is 11.3 Å². The van der Waals surface area contributed by atoms with Crippen LogP contribution in [0.4, 0.5) is 0 Å². The highest BCUT2D eigenvalue weighted by molar-refractivity contribution is 7.89. The lowest BCUT2D eigenvalue weighted by Crippen LogP contribution is -2.15. The van der Waals surface area contributed by atoms with Gasteiger partial charge >= 0.3 is 0 Å². The van der Waals surface area contributed by atoms with Crippen LogP contribution in [0.2, 0.25) is 0 Å². The average Bonchev–Trinajstić information content (AvgIpc) is 3.20. The molecule has 0 saturated heterocycles. The van der Waals surface area contributed by atoms with Crippen molar-refractivity contribution in [3.8, 4) is 5.75 Å². The number of primary sulfonamides is 1. The summed E-state index contributed by atoms with van der Waals surface area (Å²) >= 11 is 1.52. The molecule has 1 aliphatic rings. The van der Waals surface area contributed by atoms with Crippen LogP contribution < -0.4 is 9.88 Å². The lowest BCUT2D eigenvalue weighted by molar-refractivity contribution is -0.108. The van der Waals surface area contributed by atoms with E-state index in [2.05, 4.69) is 0 Å². The van der Waals surface area contributed by atoms with Crippen molar-refractivity contribution in [2.24, 2.45) is 5.14 Å². The number of sulfonamides is 1. The van der Waals surface area contributed by atoms with Gasteiger partial charge in [0.25, 0.3) is 0 Å². The van der Waals surface area contributed by atoms with Crippen molar-refractivity contribution in [3.05, 3.63) is 82.0 Å². The summed E-state index contributed by atoms with van der Waals surface area (Å²) in [6.07, 6.45) is 0.912. The fourth-order valence-corrected chi connectivity index (χ4v) is 4.46. The Labute approximate surface area is 160 Å². The Hall–Kier alpha value is -2.74. The van der Waals surface area contributed by atoms with Gasteiger partial charge in [0.2, 0.25) is 10.0 Å². The molecule has 0 saturated carbocycles. The van der Waals surface area contributed by atoms with Crippen LogP contribution in [0.5, 0.6) is 5.75 Å². The number of aldehydes is 1. The first-order valence-electron chi connectivity index (χ1n) is 8.12. The van der Waals surface area contributed by atoms with Crippen LogP contribution >= 0.6 is 11.3 Å². The molecular formula is C20H15NO4S2. The molecule has 0 spiro atoms. The highest BCUT2D eigenvalue weighted by Crippen LogP contribution is 2.46. The Bertz CT molecular complexity index is 1130. The second-order valence-electron chi connectivity index (χ2n) is 6.04. The number of hydrogen-bond acceptors (Lipinski definition) is 5. The molecule has 136 valence electrons. The van der Waals surface area contributed by atoms with E-state index in [0.29, 0.717) is 17.1 Å². The Kier molecular flexibility index (Phi) is 4.43. The third kappa shape index (κ3) is 3.21. The van der Waals surface area contributed by atoms with E-state index in [1.807, 2.05) is 41.8 Å². The third-order valence-electron chi connectivity index (χ3n) is 4.39. The maximum Gasteiger partial charge on any atom is 0.238 e. The van der Waals surface area contributed by atoms with E-state index in [4.69, 9.17) is 9.88 Å².